The summed E-state index contributed by atoms with van der Waals surface area (Å²) in [7, 11) is 0. The highest BCUT2D eigenvalue weighted by atomic mass is 32.1. The number of rotatable bonds is 5. The van der Waals surface area contributed by atoms with E-state index >= 15 is 0 Å². The summed E-state index contributed by atoms with van der Waals surface area (Å²) >= 11 is 3.24. The van der Waals surface area contributed by atoms with Crippen molar-refractivity contribution in [1.29, 1.82) is 0 Å². The lowest BCUT2D eigenvalue weighted by Gasteiger charge is -1.99. The van der Waals surface area contributed by atoms with E-state index in [4.69, 9.17) is 0 Å². The fourth-order valence-corrected chi connectivity index (χ4v) is 2.73. The van der Waals surface area contributed by atoms with E-state index < -0.39 is 0 Å². The van der Waals surface area contributed by atoms with Crippen molar-refractivity contribution in [2.75, 3.05) is 11.9 Å². The summed E-state index contributed by atoms with van der Waals surface area (Å²) in [5.41, 5.74) is 0. The van der Waals surface area contributed by atoms with Crippen molar-refractivity contribution in [2.24, 2.45) is 0 Å². The molecule has 0 saturated heterocycles. The van der Waals surface area contributed by atoms with Gasteiger partial charge in [-0.25, -0.2) is 4.98 Å². The Labute approximate surface area is 104 Å². The number of nitrogens with one attached hydrogen (secondary N) is 1. The molecule has 0 saturated carbocycles. The van der Waals surface area contributed by atoms with Gasteiger partial charge in [0, 0.05) is 28.9 Å². The van der Waals surface area contributed by atoms with Crippen LogP contribution in [0.1, 0.15) is 30.5 Å². The zero-order valence-corrected chi connectivity index (χ0v) is 11.1. The first kappa shape index (κ1) is 11.5. The van der Waals surface area contributed by atoms with Crippen molar-refractivity contribution in [2.45, 2.75) is 26.2 Å². The van der Waals surface area contributed by atoms with Gasteiger partial charge in [0.15, 0.2) is 0 Å². The molecule has 0 aliphatic rings. The van der Waals surface area contributed by atoms with Crippen LogP contribution in [-0.2, 0) is 6.42 Å². The Morgan fingerprint density at radius 3 is 2.94 bits per heavy atom. The Balaban J connectivity index is 1.81. The van der Waals surface area contributed by atoms with Crippen molar-refractivity contribution in [1.82, 2.24) is 9.36 Å². The summed E-state index contributed by atoms with van der Waals surface area (Å²) < 4.78 is 4.30. The van der Waals surface area contributed by atoms with E-state index in [9.17, 15) is 0 Å². The van der Waals surface area contributed by atoms with Gasteiger partial charge in [0.1, 0.15) is 5.82 Å². The maximum Gasteiger partial charge on any atom is 0.202 e. The van der Waals surface area contributed by atoms with Gasteiger partial charge >= 0.3 is 0 Å². The van der Waals surface area contributed by atoms with Crippen LogP contribution in [0.4, 0.5) is 5.13 Å². The summed E-state index contributed by atoms with van der Waals surface area (Å²) in [5.74, 6) is 1.34. The molecule has 2 rings (SSSR count). The Hall–Kier alpha value is -0.940. The molecule has 0 fully saturated rings. The van der Waals surface area contributed by atoms with Gasteiger partial charge in [0.25, 0.3) is 0 Å². The molecule has 2 aromatic heterocycles. The molecule has 0 amide bonds. The molecular formula is C11H15N3S2. The Bertz CT molecular complexity index is 420. The maximum absolute atomic E-state index is 4.43. The molecule has 16 heavy (non-hydrogen) atoms. The third-order valence-electron chi connectivity index (χ3n) is 2.19. The average molecular weight is 253 g/mol. The molecule has 0 aliphatic carbocycles. The predicted octanol–water partition coefficient (Wildman–Crippen LogP) is 3.38. The van der Waals surface area contributed by atoms with Gasteiger partial charge in [0.2, 0.25) is 5.13 Å². The molecule has 86 valence electrons. The largest absolute Gasteiger partial charge is 0.360 e. The van der Waals surface area contributed by atoms with Gasteiger partial charge < -0.3 is 5.32 Å². The van der Waals surface area contributed by atoms with Crippen LogP contribution in [0.15, 0.2) is 17.5 Å². The number of nitrogens with zero attached hydrogens (tertiary/aromatic N) is 2. The fraction of sp³-hybridized carbons (Fsp3) is 0.455. The van der Waals surface area contributed by atoms with E-state index in [2.05, 4.69) is 46.0 Å². The lowest BCUT2D eigenvalue weighted by molar-refractivity contribution is 0.799. The number of hydrogen-bond acceptors (Lipinski definition) is 5. The topological polar surface area (TPSA) is 37.8 Å². The Morgan fingerprint density at radius 1 is 1.44 bits per heavy atom. The standard InChI is InChI=1S/C11H15N3S2/c1-8(2)10-13-11(16-14-10)12-6-5-9-4-3-7-15-9/h3-4,7-8H,5-6H2,1-2H3,(H,12,13,14). The zero-order valence-electron chi connectivity index (χ0n) is 9.43. The van der Waals surface area contributed by atoms with Gasteiger partial charge in [-0.1, -0.05) is 19.9 Å². The second kappa shape index (κ2) is 5.41. The van der Waals surface area contributed by atoms with Gasteiger partial charge in [-0.15, -0.1) is 11.3 Å². The van der Waals surface area contributed by atoms with Crippen LogP contribution in [0.3, 0.4) is 0 Å². The van der Waals surface area contributed by atoms with Gasteiger partial charge in [0.05, 0.1) is 0 Å². The van der Waals surface area contributed by atoms with Crippen LogP contribution < -0.4 is 5.32 Å². The van der Waals surface area contributed by atoms with Crippen LogP contribution >= 0.6 is 22.9 Å². The lowest BCUT2D eigenvalue weighted by Crippen LogP contribution is -2.03. The molecule has 0 radical (unpaired) electrons. The number of aromatic nitrogens is 2. The summed E-state index contributed by atoms with van der Waals surface area (Å²) in [6.45, 7) is 5.14. The molecule has 0 spiro atoms. The van der Waals surface area contributed by atoms with Gasteiger partial charge in [-0.2, -0.15) is 4.37 Å². The SMILES string of the molecule is CC(C)c1nsc(NCCc2cccs2)n1. The summed E-state index contributed by atoms with van der Waals surface area (Å²) in [6, 6.07) is 4.24. The number of thiophene rings is 1. The molecular weight excluding hydrogens is 238 g/mol. The summed E-state index contributed by atoms with van der Waals surface area (Å²) in [5, 5.41) is 6.35. The minimum Gasteiger partial charge on any atom is -0.360 e. The molecule has 5 heteroatoms. The monoisotopic (exact) mass is 253 g/mol. The highest BCUT2D eigenvalue weighted by Gasteiger charge is 2.06. The van der Waals surface area contributed by atoms with Crippen molar-refractivity contribution < 1.29 is 0 Å². The average Bonchev–Trinajstić information content (AvgIpc) is 2.87. The third kappa shape index (κ3) is 3.02. The van der Waals surface area contributed by atoms with E-state index in [0.717, 1.165) is 23.9 Å². The first-order chi connectivity index (χ1) is 7.75. The summed E-state index contributed by atoms with van der Waals surface area (Å²) in [6.07, 6.45) is 1.05. The van der Waals surface area contributed by atoms with Gasteiger partial charge in [-0.3, -0.25) is 0 Å². The molecule has 1 N–H and O–H groups in total. The van der Waals surface area contributed by atoms with Crippen molar-refractivity contribution in [3.05, 3.63) is 28.2 Å². The van der Waals surface area contributed by atoms with E-state index in [1.165, 1.54) is 16.4 Å². The highest BCUT2D eigenvalue weighted by Crippen LogP contribution is 2.17. The molecule has 0 unspecified atom stereocenters. The number of anilines is 1. The lowest BCUT2D eigenvalue weighted by atomic mass is 10.2. The highest BCUT2D eigenvalue weighted by molar-refractivity contribution is 7.10. The first-order valence-electron chi connectivity index (χ1n) is 5.35. The smallest absolute Gasteiger partial charge is 0.202 e. The molecule has 2 aromatic rings. The van der Waals surface area contributed by atoms with Crippen LogP contribution in [0.25, 0.3) is 0 Å². The van der Waals surface area contributed by atoms with Crippen LogP contribution in [0.2, 0.25) is 0 Å². The fourth-order valence-electron chi connectivity index (χ4n) is 1.29. The Kier molecular flexibility index (Phi) is 3.90. The van der Waals surface area contributed by atoms with E-state index in [0.29, 0.717) is 5.92 Å². The third-order valence-corrected chi connectivity index (χ3v) is 3.81. The first-order valence-corrected chi connectivity index (χ1v) is 7.01. The summed E-state index contributed by atoms with van der Waals surface area (Å²) in [4.78, 5) is 5.83. The van der Waals surface area contributed by atoms with E-state index in [-0.39, 0.29) is 0 Å². The number of hydrogen-bond donors (Lipinski definition) is 1. The molecule has 0 bridgehead atoms. The normalized spacial score (nSPS) is 10.9. The molecule has 3 nitrogen and oxygen atoms in total. The van der Waals surface area contributed by atoms with Crippen LogP contribution in [-0.4, -0.2) is 15.9 Å². The second-order valence-electron chi connectivity index (χ2n) is 3.87. The zero-order chi connectivity index (χ0) is 11.4. The van der Waals surface area contributed by atoms with Crippen LogP contribution in [0.5, 0.6) is 0 Å². The van der Waals surface area contributed by atoms with E-state index in [1.54, 1.807) is 11.3 Å². The van der Waals surface area contributed by atoms with Crippen LogP contribution in [0, 0.1) is 0 Å². The van der Waals surface area contributed by atoms with E-state index in [1.807, 2.05) is 0 Å². The molecule has 0 aliphatic heterocycles. The van der Waals surface area contributed by atoms with Crippen molar-refractivity contribution in [3.63, 3.8) is 0 Å². The second-order valence-corrected chi connectivity index (χ2v) is 5.65. The minimum atomic E-state index is 0.407. The predicted molar refractivity (Wildman–Crippen MR) is 70.5 cm³/mol. The molecule has 2 heterocycles. The van der Waals surface area contributed by atoms with Gasteiger partial charge in [-0.05, 0) is 17.9 Å². The quantitative estimate of drug-likeness (QED) is 0.887. The Morgan fingerprint density at radius 2 is 2.31 bits per heavy atom. The maximum atomic E-state index is 4.43. The van der Waals surface area contributed by atoms with Crippen molar-refractivity contribution in [3.8, 4) is 0 Å². The molecule has 0 atom stereocenters. The van der Waals surface area contributed by atoms with Crippen molar-refractivity contribution >= 4 is 28.0 Å². The minimum absolute atomic E-state index is 0.407. The molecule has 0 aromatic carbocycles.